The molecule has 6 nitrogen and oxygen atoms in total. The second-order valence-corrected chi connectivity index (χ2v) is 3.68. The molecule has 0 radical (unpaired) electrons. The fourth-order valence-electron chi connectivity index (χ4n) is 1.15. The van der Waals surface area contributed by atoms with Crippen LogP contribution in [0, 0.1) is 0 Å². The van der Waals surface area contributed by atoms with Crippen molar-refractivity contribution < 1.29 is 4.79 Å². The highest BCUT2D eigenvalue weighted by Gasteiger charge is 2.05. The Labute approximate surface area is 105 Å². The lowest BCUT2D eigenvalue weighted by Gasteiger charge is -2.08. The molecular weight excluding hydrogens is 242 g/mol. The molecule has 94 valence electrons. The quantitative estimate of drug-likeness (QED) is 0.712. The van der Waals surface area contributed by atoms with Crippen LogP contribution in [0.4, 0.5) is 11.8 Å². The van der Waals surface area contributed by atoms with Gasteiger partial charge in [0, 0.05) is 26.6 Å². The summed E-state index contributed by atoms with van der Waals surface area (Å²) in [5.74, 6) is 1.01. The molecule has 0 aliphatic rings. The molecule has 0 aliphatic carbocycles. The molecule has 17 heavy (non-hydrogen) atoms. The molecule has 0 unspecified atom stereocenters. The molecule has 0 saturated heterocycles. The topological polar surface area (TPSA) is 78.9 Å². The molecule has 0 aliphatic heterocycles. The van der Waals surface area contributed by atoms with Crippen LogP contribution in [0.1, 0.15) is 13.3 Å². The normalized spacial score (nSPS) is 9.82. The number of hydrogen-bond acceptors (Lipinski definition) is 5. The largest absolute Gasteiger partial charge is 0.368 e. The minimum Gasteiger partial charge on any atom is -0.368 e. The van der Waals surface area contributed by atoms with Crippen LogP contribution in [0.3, 0.4) is 0 Å². The Hall–Kier alpha value is -1.56. The number of carbonyl (C=O) groups excluding carboxylic acids is 1. The summed E-state index contributed by atoms with van der Waals surface area (Å²) in [6.45, 7) is 3.16. The van der Waals surface area contributed by atoms with Crippen molar-refractivity contribution in [1.82, 2.24) is 15.3 Å². The van der Waals surface area contributed by atoms with Crippen LogP contribution in [0.2, 0.25) is 5.02 Å². The van der Waals surface area contributed by atoms with Crippen molar-refractivity contribution in [3.63, 3.8) is 0 Å². The molecule has 0 bridgehead atoms. The number of amides is 1. The first kappa shape index (κ1) is 13.5. The van der Waals surface area contributed by atoms with E-state index in [2.05, 4.69) is 25.9 Å². The zero-order chi connectivity index (χ0) is 12.7. The fraction of sp³-hybridized carbons (Fsp3) is 0.500. The number of hydrogen-bond donors (Lipinski definition) is 3. The van der Waals surface area contributed by atoms with Crippen molar-refractivity contribution in [2.45, 2.75) is 13.3 Å². The molecule has 7 heteroatoms. The summed E-state index contributed by atoms with van der Waals surface area (Å²) in [7, 11) is 1.60. The van der Waals surface area contributed by atoms with Crippen LogP contribution in [-0.2, 0) is 4.79 Å². The van der Waals surface area contributed by atoms with Gasteiger partial charge in [-0.25, -0.2) is 4.98 Å². The molecule has 0 fully saturated rings. The van der Waals surface area contributed by atoms with E-state index < -0.39 is 0 Å². The summed E-state index contributed by atoms with van der Waals surface area (Å²) in [5.41, 5.74) is 0. The van der Waals surface area contributed by atoms with E-state index in [9.17, 15) is 4.79 Å². The zero-order valence-corrected chi connectivity index (χ0v) is 10.6. The van der Waals surface area contributed by atoms with E-state index in [0.29, 0.717) is 29.8 Å². The van der Waals surface area contributed by atoms with Gasteiger partial charge < -0.3 is 16.0 Å². The van der Waals surface area contributed by atoms with E-state index in [4.69, 9.17) is 11.6 Å². The monoisotopic (exact) mass is 257 g/mol. The van der Waals surface area contributed by atoms with Gasteiger partial charge in [-0.1, -0.05) is 11.6 Å². The number of rotatable bonds is 6. The molecule has 1 aromatic rings. The molecule has 1 amide bonds. The van der Waals surface area contributed by atoms with Crippen LogP contribution >= 0.6 is 11.6 Å². The van der Waals surface area contributed by atoms with Gasteiger partial charge in [-0.05, 0) is 6.92 Å². The minimum absolute atomic E-state index is 0.0328. The van der Waals surface area contributed by atoms with Crippen molar-refractivity contribution in [2.24, 2.45) is 0 Å². The lowest BCUT2D eigenvalue weighted by molar-refractivity contribution is -0.120. The number of halogens is 1. The van der Waals surface area contributed by atoms with Crippen LogP contribution in [-0.4, -0.2) is 36.0 Å². The fourth-order valence-corrected chi connectivity index (χ4v) is 1.31. The number of anilines is 2. The van der Waals surface area contributed by atoms with Gasteiger partial charge in [-0.15, -0.1) is 0 Å². The van der Waals surface area contributed by atoms with Crippen molar-refractivity contribution in [3.8, 4) is 0 Å². The third-order valence-electron chi connectivity index (χ3n) is 2.00. The van der Waals surface area contributed by atoms with Crippen molar-refractivity contribution in [2.75, 3.05) is 30.8 Å². The molecule has 0 atom stereocenters. The molecule has 0 saturated carbocycles. The number of nitrogens with one attached hydrogen (secondary N) is 3. The van der Waals surface area contributed by atoms with E-state index in [-0.39, 0.29) is 5.91 Å². The van der Waals surface area contributed by atoms with E-state index in [1.165, 1.54) is 6.20 Å². The predicted molar refractivity (Wildman–Crippen MR) is 68.4 cm³/mol. The standard InChI is InChI=1S/C10H16ClN5O/c1-3-13-10-15-6-7(11)9(16-10)14-5-4-8(17)12-2/h6H,3-5H2,1-2H3,(H,12,17)(H2,13,14,15,16). The average molecular weight is 258 g/mol. The van der Waals surface area contributed by atoms with Crippen LogP contribution < -0.4 is 16.0 Å². The Kier molecular flexibility index (Phi) is 5.48. The highest BCUT2D eigenvalue weighted by Crippen LogP contribution is 2.18. The van der Waals surface area contributed by atoms with Gasteiger partial charge >= 0.3 is 0 Å². The Bertz CT molecular complexity index is 385. The first-order chi connectivity index (χ1) is 8.17. The van der Waals surface area contributed by atoms with Crippen LogP contribution in [0.15, 0.2) is 6.20 Å². The predicted octanol–water partition coefficient (Wildman–Crippen LogP) is 1.11. The van der Waals surface area contributed by atoms with Gasteiger partial charge in [0.2, 0.25) is 11.9 Å². The Balaban J connectivity index is 2.56. The number of nitrogens with zero attached hydrogens (tertiary/aromatic N) is 2. The van der Waals surface area contributed by atoms with E-state index in [1.807, 2.05) is 6.92 Å². The van der Waals surface area contributed by atoms with Gasteiger partial charge in [-0.3, -0.25) is 4.79 Å². The van der Waals surface area contributed by atoms with Gasteiger partial charge in [0.05, 0.1) is 6.20 Å². The maximum atomic E-state index is 11.0. The summed E-state index contributed by atoms with van der Waals surface area (Å²) in [6, 6.07) is 0. The molecule has 3 N–H and O–H groups in total. The molecule has 1 heterocycles. The summed E-state index contributed by atoms with van der Waals surface area (Å²) < 4.78 is 0. The highest BCUT2D eigenvalue weighted by atomic mass is 35.5. The molecule has 0 spiro atoms. The maximum absolute atomic E-state index is 11.0. The summed E-state index contributed by atoms with van der Waals surface area (Å²) in [4.78, 5) is 19.2. The van der Waals surface area contributed by atoms with Crippen molar-refractivity contribution >= 4 is 29.3 Å². The maximum Gasteiger partial charge on any atom is 0.224 e. The van der Waals surface area contributed by atoms with E-state index >= 15 is 0 Å². The second-order valence-electron chi connectivity index (χ2n) is 3.27. The Morgan fingerprint density at radius 2 is 2.24 bits per heavy atom. The first-order valence-corrected chi connectivity index (χ1v) is 5.76. The zero-order valence-electron chi connectivity index (χ0n) is 9.88. The van der Waals surface area contributed by atoms with Gasteiger partial charge in [0.15, 0.2) is 0 Å². The van der Waals surface area contributed by atoms with Crippen molar-refractivity contribution in [3.05, 3.63) is 11.2 Å². The summed E-state index contributed by atoms with van der Waals surface area (Å²) in [5, 5.41) is 8.95. The molecule has 1 rings (SSSR count). The van der Waals surface area contributed by atoms with Gasteiger partial charge in [0.25, 0.3) is 0 Å². The third-order valence-corrected chi connectivity index (χ3v) is 2.28. The van der Waals surface area contributed by atoms with Crippen LogP contribution in [0.25, 0.3) is 0 Å². The molecular formula is C10H16ClN5O. The lowest BCUT2D eigenvalue weighted by Crippen LogP contribution is -2.21. The van der Waals surface area contributed by atoms with E-state index in [1.54, 1.807) is 7.05 Å². The molecule has 1 aromatic heterocycles. The van der Waals surface area contributed by atoms with Gasteiger partial charge in [0.1, 0.15) is 10.8 Å². The minimum atomic E-state index is -0.0328. The Morgan fingerprint density at radius 1 is 1.47 bits per heavy atom. The summed E-state index contributed by atoms with van der Waals surface area (Å²) in [6.07, 6.45) is 1.89. The van der Waals surface area contributed by atoms with Gasteiger partial charge in [-0.2, -0.15) is 4.98 Å². The highest BCUT2D eigenvalue weighted by molar-refractivity contribution is 6.32. The van der Waals surface area contributed by atoms with Crippen molar-refractivity contribution in [1.29, 1.82) is 0 Å². The average Bonchev–Trinajstić information content (AvgIpc) is 2.33. The lowest BCUT2D eigenvalue weighted by atomic mass is 10.4. The Morgan fingerprint density at radius 3 is 2.88 bits per heavy atom. The molecule has 0 aromatic carbocycles. The van der Waals surface area contributed by atoms with E-state index in [0.717, 1.165) is 6.54 Å². The smallest absolute Gasteiger partial charge is 0.224 e. The first-order valence-electron chi connectivity index (χ1n) is 5.38. The van der Waals surface area contributed by atoms with Crippen LogP contribution in [0.5, 0.6) is 0 Å². The number of aromatic nitrogens is 2. The summed E-state index contributed by atoms with van der Waals surface area (Å²) >= 11 is 5.93. The third kappa shape index (κ3) is 4.44. The second kappa shape index (κ2) is 6.90. The number of carbonyl (C=O) groups is 1. The SMILES string of the molecule is CCNc1ncc(Cl)c(NCCC(=O)NC)n1.